The molecule has 0 unspecified atom stereocenters. The number of esters is 1. The molecule has 0 N–H and O–H groups in total. The fourth-order valence-corrected chi connectivity index (χ4v) is 4.35. The number of ether oxygens (including phenoxy) is 1. The topological polar surface area (TPSA) is 96.2 Å². The van der Waals surface area contributed by atoms with Gasteiger partial charge >= 0.3 is 5.97 Å². The number of anilines is 2. The van der Waals surface area contributed by atoms with E-state index in [1.54, 1.807) is 11.0 Å². The van der Waals surface area contributed by atoms with Crippen molar-refractivity contribution in [3.63, 3.8) is 0 Å². The molecule has 0 aliphatic carbocycles. The summed E-state index contributed by atoms with van der Waals surface area (Å²) in [5, 5.41) is 11.6. The van der Waals surface area contributed by atoms with Crippen LogP contribution in [0.15, 0.2) is 48.5 Å². The average molecular weight is 453 g/mol. The Morgan fingerprint density at radius 2 is 1.58 bits per heavy atom. The van der Waals surface area contributed by atoms with Crippen LogP contribution in [0.3, 0.4) is 0 Å². The number of nitro groups is 1. The fraction of sp³-hybridized carbons (Fsp3) is 0.417. The normalized spacial score (nSPS) is 16.4. The van der Waals surface area contributed by atoms with Crippen LogP contribution in [0.4, 0.5) is 17.1 Å². The van der Waals surface area contributed by atoms with E-state index in [1.807, 2.05) is 35.2 Å². The number of nitrogens with zero attached hydrogens (tertiary/aromatic N) is 4. The van der Waals surface area contributed by atoms with Gasteiger partial charge in [0.2, 0.25) is 0 Å². The summed E-state index contributed by atoms with van der Waals surface area (Å²) in [5.74, 6) is -1.00. The zero-order chi connectivity index (χ0) is 23.2. The number of piperidine rings is 1. The van der Waals surface area contributed by atoms with Crippen molar-refractivity contribution >= 4 is 28.9 Å². The summed E-state index contributed by atoms with van der Waals surface area (Å²) in [7, 11) is 0. The summed E-state index contributed by atoms with van der Waals surface area (Å²) in [4.78, 5) is 42.0. The van der Waals surface area contributed by atoms with Crippen LogP contribution in [0, 0.1) is 10.1 Å². The zero-order valence-corrected chi connectivity index (χ0v) is 18.5. The second-order valence-electron chi connectivity index (χ2n) is 8.29. The summed E-state index contributed by atoms with van der Waals surface area (Å²) >= 11 is 0. The smallest absolute Gasteiger partial charge is 0.338 e. The molecule has 0 spiro atoms. The van der Waals surface area contributed by atoms with E-state index < -0.39 is 10.9 Å². The molecule has 4 rings (SSSR count). The highest BCUT2D eigenvalue weighted by atomic mass is 16.6. The van der Waals surface area contributed by atoms with E-state index in [0.29, 0.717) is 31.9 Å². The molecule has 0 atom stereocenters. The van der Waals surface area contributed by atoms with E-state index in [2.05, 4.69) is 4.90 Å². The van der Waals surface area contributed by atoms with Crippen molar-refractivity contribution in [1.29, 1.82) is 0 Å². The minimum Gasteiger partial charge on any atom is -0.452 e. The van der Waals surface area contributed by atoms with Gasteiger partial charge in [-0.15, -0.1) is 0 Å². The molecule has 2 aliphatic heterocycles. The molecule has 174 valence electrons. The molecule has 0 bridgehead atoms. The van der Waals surface area contributed by atoms with Gasteiger partial charge in [0.1, 0.15) is 5.69 Å². The third-order valence-electron chi connectivity index (χ3n) is 6.19. The van der Waals surface area contributed by atoms with Gasteiger partial charge in [0.15, 0.2) is 6.61 Å². The Kier molecular flexibility index (Phi) is 7.07. The van der Waals surface area contributed by atoms with Crippen molar-refractivity contribution in [2.75, 3.05) is 55.7 Å². The first kappa shape index (κ1) is 22.6. The van der Waals surface area contributed by atoms with Crippen LogP contribution in [-0.2, 0) is 9.53 Å². The Bertz CT molecular complexity index is 999. The lowest BCUT2D eigenvalue weighted by Gasteiger charge is -2.36. The highest BCUT2D eigenvalue weighted by Gasteiger charge is 2.25. The fourth-order valence-electron chi connectivity index (χ4n) is 4.35. The minimum absolute atomic E-state index is 0.0733. The number of para-hydroxylation sites is 1. The van der Waals surface area contributed by atoms with E-state index in [4.69, 9.17) is 4.74 Å². The zero-order valence-electron chi connectivity index (χ0n) is 18.5. The summed E-state index contributed by atoms with van der Waals surface area (Å²) in [6, 6.07) is 14.4. The van der Waals surface area contributed by atoms with Crippen molar-refractivity contribution in [2.24, 2.45) is 0 Å². The molecule has 0 radical (unpaired) electrons. The second-order valence-corrected chi connectivity index (χ2v) is 8.29. The van der Waals surface area contributed by atoms with Gasteiger partial charge in [-0.2, -0.15) is 0 Å². The van der Waals surface area contributed by atoms with Crippen LogP contribution in [0.1, 0.15) is 29.6 Å². The highest BCUT2D eigenvalue weighted by molar-refractivity contribution is 5.93. The van der Waals surface area contributed by atoms with E-state index in [9.17, 15) is 19.7 Å². The van der Waals surface area contributed by atoms with Gasteiger partial charge < -0.3 is 19.4 Å². The first-order chi connectivity index (χ1) is 16.0. The molecule has 9 nitrogen and oxygen atoms in total. The Hall–Kier alpha value is -3.62. The van der Waals surface area contributed by atoms with Crippen LogP contribution in [0.2, 0.25) is 0 Å². The second kappa shape index (κ2) is 10.3. The highest BCUT2D eigenvalue weighted by Crippen LogP contribution is 2.31. The van der Waals surface area contributed by atoms with Gasteiger partial charge in [0.05, 0.1) is 10.5 Å². The van der Waals surface area contributed by atoms with E-state index in [1.165, 1.54) is 12.1 Å². The molecule has 9 heteroatoms. The molecule has 2 aromatic rings. The first-order valence-electron chi connectivity index (χ1n) is 11.3. The van der Waals surface area contributed by atoms with E-state index in [-0.39, 0.29) is 23.8 Å². The number of hydrogen-bond acceptors (Lipinski definition) is 7. The number of rotatable bonds is 6. The van der Waals surface area contributed by atoms with Crippen molar-refractivity contribution in [3.05, 3.63) is 64.2 Å². The molecule has 0 saturated carbocycles. The number of benzene rings is 2. The van der Waals surface area contributed by atoms with Crippen molar-refractivity contribution in [2.45, 2.75) is 19.3 Å². The third-order valence-corrected chi connectivity index (χ3v) is 6.19. The summed E-state index contributed by atoms with van der Waals surface area (Å²) in [6.07, 6.45) is 3.09. The standard InChI is InChI=1S/C24H28N4O5/c29-23(27-15-13-25(14-16-27)20-7-3-1-4-8-20)18-33-24(30)19-9-10-21(22(17-19)28(31)32)26-11-5-2-6-12-26/h1,3-4,7-10,17H,2,5-6,11-16,18H2. The lowest BCUT2D eigenvalue weighted by Crippen LogP contribution is -2.49. The van der Waals surface area contributed by atoms with Gasteiger partial charge in [-0.05, 0) is 43.5 Å². The maximum absolute atomic E-state index is 12.5. The average Bonchev–Trinajstić information content (AvgIpc) is 2.87. The minimum atomic E-state index is -0.737. The number of nitro benzene ring substituents is 1. The quantitative estimate of drug-likeness (QED) is 0.377. The SMILES string of the molecule is O=C(OCC(=O)N1CCN(c2ccccc2)CC1)c1ccc(N2CCCCC2)c([N+](=O)[O-])c1. The monoisotopic (exact) mass is 452 g/mol. The summed E-state index contributed by atoms with van der Waals surface area (Å²) in [6.45, 7) is 3.63. The number of amides is 1. The summed E-state index contributed by atoms with van der Waals surface area (Å²) in [5.41, 5.74) is 1.59. The molecule has 2 fully saturated rings. The maximum Gasteiger partial charge on any atom is 0.338 e. The Labute approximate surface area is 192 Å². The van der Waals surface area contributed by atoms with Gasteiger partial charge in [0.25, 0.3) is 11.6 Å². The number of hydrogen-bond donors (Lipinski definition) is 0. The van der Waals surface area contributed by atoms with Crippen LogP contribution < -0.4 is 9.80 Å². The van der Waals surface area contributed by atoms with Gasteiger partial charge in [-0.3, -0.25) is 14.9 Å². The molecular weight excluding hydrogens is 424 g/mol. The lowest BCUT2D eigenvalue weighted by atomic mass is 10.1. The Morgan fingerprint density at radius 1 is 0.879 bits per heavy atom. The largest absolute Gasteiger partial charge is 0.452 e. The number of piperazine rings is 1. The molecule has 33 heavy (non-hydrogen) atoms. The predicted octanol–water partition coefficient (Wildman–Crippen LogP) is 3.09. The molecule has 2 heterocycles. The molecule has 2 aromatic carbocycles. The lowest BCUT2D eigenvalue weighted by molar-refractivity contribution is -0.384. The molecule has 2 saturated heterocycles. The van der Waals surface area contributed by atoms with Crippen molar-refractivity contribution < 1.29 is 19.2 Å². The maximum atomic E-state index is 12.5. The van der Waals surface area contributed by atoms with E-state index in [0.717, 1.165) is 38.0 Å². The number of carbonyl (C=O) groups excluding carboxylic acids is 2. The molecule has 2 aliphatic rings. The van der Waals surface area contributed by atoms with Crippen molar-refractivity contribution in [1.82, 2.24) is 4.90 Å². The van der Waals surface area contributed by atoms with Crippen LogP contribution in [0.25, 0.3) is 0 Å². The molecule has 1 amide bonds. The Morgan fingerprint density at radius 3 is 2.24 bits per heavy atom. The molecular formula is C24H28N4O5. The van der Waals surface area contributed by atoms with Gasteiger partial charge in [-0.1, -0.05) is 18.2 Å². The van der Waals surface area contributed by atoms with Crippen molar-refractivity contribution in [3.8, 4) is 0 Å². The molecule has 0 aromatic heterocycles. The van der Waals surface area contributed by atoms with Crippen LogP contribution in [0.5, 0.6) is 0 Å². The van der Waals surface area contributed by atoms with Crippen LogP contribution >= 0.6 is 0 Å². The first-order valence-corrected chi connectivity index (χ1v) is 11.3. The van der Waals surface area contributed by atoms with Gasteiger partial charge in [0, 0.05) is 51.0 Å². The Balaban J connectivity index is 1.32. The predicted molar refractivity (Wildman–Crippen MR) is 125 cm³/mol. The van der Waals surface area contributed by atoms with E-state index >= 15 is 0 Å². The number of carbonyl (C=O) groups is 2. The summed E-state index contributed by atoms with van der Waals surface area (Å²) < 4.78 is 5.19. The third kappa shape index (κ3) is 5.42. The van der Waals surface area contributed by atoms with Crippen LogP contribution in [-0.4, -0.2) is 67.6 Å². The van der Waals surface area contributed by atoms with Gasteiger partial charge in [-0.25, -0.2) is 4.79 Å².